The molecule has 22 heavy (non-hydrogen) atoms. The molecule has 1 amide bonds. The maximum atomic E-state index is 12.4. The van der Waals surface area contributed by atoms with E-state index in [1.54, 1.807) is 12.1 Å². The maximum absolute atomic E-state index is 12.4. The zero-order valence-electron chi connectivity index (χ0n) is 11.2. The van der Waals surface area contributed by atoms with E-state index in [4.69, 9.17) is 17.3 Å². The molecule has 1 aromatic carbocycles. The molecule has 0 radical (unpaired) electrons. The summed E-state index contributed by atoms with van der Waals surface area (Å²) >= 11 is 6.16. The van der Waals surface area contributed by atoms with Gasteiger partial charge in [-0.1, -0.05) is 29.8 Å². The molecule has 2 aromatic heterocycles. The van der Waals surface area contributed by atoms with Gasteiger partial charge in [0.25, 0.3) is 5.91 Å². The van der Waals surface area contributed by atoms with Gasteiger partial charge in [-0.15, -0.1) is 0 Å². The molecule has 0 aliphatic heterocycles. The SMILES string of the molecule is Nc1nccnc1NC(=O)c1cn[nH]c1-c1ccccc1Cl. The Hall–Kier alpha value is -2.93. The van der Waals surface area contributed by atoms with Crippen molar-refractivity contribution in [3.63, 3.8) is 0 Å². The minimum Gasteiger partial charge on any atom is -0.381 e. The van der Waals surface area contributed by atoms with Gasteiger partial charge in [0.05, 0.1) is 17.5 Å². The van der Waals surface area contributed by atoms with Crippen molar-refractivity contribution < 1.29 is 4.79 Å². The first-order valence-electron chi connectivity index (χ1n) is 6.33. The van der Waals surface area contributed by atoms with Crippen LogP contribution in [0.25, 0.3) is 11.3 Å². The van der Waals surface area contributed by atoms with Crippen molar-refractivity contribution in [2.45, 2.75) is 0 Å². The lowest BCUT2D eigenvalue weighted by Crippen LogP contribution is -2.15. The molecule has 0 atom stereocenters. The fraction of sp³-hybridized carbons (Fsp3) is 0. The summed E-state index contributed by atoms with van der Waals surface area (Å²) < 4.78 is 0. The Morgan fingerprint density at radius 3 is 2.77 bits per heavy atom. The lowest BCUT2D eigenvalue weighted by molar-refractivity contribution is 0.102. The highest BCUT2D eigenvalue weighted by Crippen LogP contribution is 2.28. The van der Waals surface area contributed by atoms with E-state index in [9.17, 15) is 4.79 Å². The van der Waals surface area contributed by atoms with Crippen LogP contribution in [-0.4, -0.2) is 26.1 Å². The number of amides is 1. The molecule has 0 unspecified atom stereocenters. The Morgan fingerprint density at radius 1 is 1.23 bits per heavy atom. The Bertz CT molecular complexity index is 831. The fourth-order valence-electron chi connectivity index (χ4n) is 1.95. The number of carbonyl (C=O) groups is 1. The van der Waals surface area contributed by atoms with Crippen LogP contribution in [0.3, 0.4) is 0 Å². The van der Waals surface area contributed by atoms with Crippen molar-refractivity contribution in [1.29, 1.82) is 0 Å². The minimum absolute atomic E-state index is 0.138. The third kappa shape index (κ3) is 2.61. The smallest absolute Gasteiger partial charge is 0.260 e. The second-order valence-electron chi connectivity index (χ2n) is 4.38. The molecule has 4 N–H and O–H groups in total. The average molecular weight is 315 g/mol. The topological polar surface area (TPSA) is 110 Å². The van der Waals surface area contributed by atoms with Gasteiger partial charge < -0.3 is 11.1 Å². The summed E-state index contributed by atoms with van der Waals surface area (Å²) in [4.78, 5) is 20.2. The number of benzene rings is 1. The van der Waals surface area contributed by atoms with Gasteiger partial charge in [0, 0.05) is 23.0 Å². The molecule has 3 aromatic rings. The molecule has 2 heterocycles. The molecule has 8 heteroatoms. The number of nitrogens with one attached hydrogen (secondary N) is 2. The van der Waals surface area contributed by atoms with Crippen LogP contribution in [0.1, 0.15) is 10.4 Å². The summed E-state index contributed by atoms with van der Waals surface area (Å²) in [7, 11) is 0. The largest absolute Gasteiger partial charge is 0.381 e. The lowest BCUT2D eigenvalue weighted by Gasteiger charge is -2.07. The van der Waals surface area contributed by atoms with E-state index in [0.29, 0.717) is 21.8 Å². The zero-order valence-corrected chi connectivity index (χ0v) is 12.0. The Morgan fingerprint density at radius 2 is 2.00 bits per heavy atom. The van der Waals surface area contributed by atoms with Crippen LogP contribution in [0.2, 0.25) is 5.02 Å². The van der Waals surface area contributed by atoms with Crippen LogP contribution in [0.4, 0.5) is 11.6 Å². The second-order valence-corrected chi connectivity index (χ2v) is 4.79. The molecule has 110 valence electrons. The van der Waals surface area contributed by atoms with E-state index in [0.717, 1.165) is 0 Å². The van der Waals surface area contributed by atoms with Gasteiger partial charge in [0.1, 0.15) is 0 Å². The Labute approximate surface area is 130 Å². The van der Waals surface area contributed by atoms with Crippen molar-refractivity contribution in [3.8, 4) is 11.3 Å². The molecule has 0 aliphatic carbocycles. The van der Waals surface area contributed by atoms with Gasteiger partial charge in [0.2, 0.25) is 0 Å². The van der Waals surface area contributed by atoms with Gasteiger partial charge in [0.15, 0.2) is 11.6 Å². The standard InChI is InChI=1S/C14H11ClN6O/c15-10-4-2-1-3-8(10)11-9(7-19-21-11)14(22)20-13-12(16)17-5-6-18-13/h1-7H,(H2,16,17)(H,19,21)(H,18,20,22). The number of halogens is 1. The predicted octanol–water partition coefficient (Wildman–Crippen LogP) is 2.35. The normalized spacial score (nSPS) is 10.4. The summed E-state index contributed by atoms with van der Waals surface area (Å²) in [6.07, 6.45) is 4.30. The lowest BCUT2D eigenvalue weighted by atomic mass is 10.1. The van der Waals surface area contributed by atoms with Crippen molar-refractivity contribution in [1.82, 2.24) is 20.2 Å². The predicted molar refractivity (Wildman–Crippen MR) is 83.4 cm³/mol. The summed E-state index contributed by atoms with van der Waals surface area (Å²) in [5.41, 5.74) is 7.19. The number of nitrogens with zero attached hydrogens (tertiary/aromatic N) is 3. The highest BCUT2D eigenvalue weighted by atomic mass is 35.5. The number of rotatable bonds is 3. The molecule has 0 spiro atoms. The third-order valence-corrected chi connectivity index (χ3v) is 3.32. The monoisotopic (exact) mass is 314 g/mol. The van der Waals surface area contributed by atoms with E-state index in [1.807, 2.05) is 12.1 Å². The van der Waals surface area contributed by atoms with Crippen LogP contribution in [0, 0.1) is 0 Å². The van der Waals surface area contributed by atoms with Gasteiger partial charge >= 0.3 is 0 Å². The first kappa shape index (κ1) is 14.0. The van der Waals surface area contributed by atoms with Crippen LogP contribution in [-0.2, 0) is 0 Å². The number of hydrogen-bond acceptors (Lipinski definition) is 5. The number of hydrogen-bond donors (Lipinski definition) is 3. The van der Waals surface area contributed by atoms with Crippen LogP contribution in [0.15, 0.2) is 42.9 Å². The average Bonchev–Trinajstić information content (AvgIpc) is 2.99. The van der Waals surface area contributed by atoms with Crippen LogP contribution >= 0.6 is 11.6 Å². The number of aromatic nitrogens is 4. The van der Waals surface area contributed by atoms with E-state index < -0.39 is 5.91 Å². The first-order chi connectivity index (χ1) is 10.7. The van der Waals surface area contributed by atoms with Crippen molar-refractivity contribution in [3.05, 3.63) is 53.4 Å². The van der Waals surface area contributed by atoms with E-state index in [1.165, 1.54) is 18.6 Å². The van der Waals surface area contributed by atoms with E-state index in [-0.39, 0.29) is 11.6 Å². The summed E-state index contributed by atoms with van der Waals surface area (Å²) in [5.74, 6) is -0.0756. The molecular weight excluding hydrogens is 304 g/mol. The summed E-state index contributed by atoms with van der Waals surface area (Å²) in [5, 5.41) is 9.81. The Kier molecular flexibility index (Phi) is 3.71. The van der Waals surface area contributed by atoms with Gasteiger partial charge in [-0.2, -0.15) is 5.10 Å². The highest BCUT2D eigenvalue weighted by molar-refractivity contribution is 6.33. The molecule has 7 nitrogen and oxygen atoms in total. The number of H-pyrrole nitrogens is 1. The number of anilines is 2. The van der Waals surface area contributed by atoms with E-state index >= 15 is 0 Å². The van der Waals surface area contributed by atoms with Crippen molar-refractivity contribution in [2.24, 2.45) is 0 Å². The third-order valence-electron chi connectivity index (χ3n) is 2.99. The number of nitrogens with two attached hydrogens (primary N) is 1. The van der Waals surface area contributed by atoms with Crippen LogP contribution in [0.5, 0.6) is 0 Å². The van der Waals surface area contributed by atoms with Gasteiger partial charge in [-0.05, 0) is 6.07 Å². The van der Waals surface area contributed by atoms with E-state index in [2.05, 4.69) is 25.5 Å². The number of nitrogen functional groups attached to an aromatic ring is 1. The first-order valence-corrected chi connectivity index (χ1v) is 6.70. The molecule has 0 saturated carbocycles. The highest BCUT2D eigenvalue weighted by Gasteiger charge is 2.18. The van der Waals surface area contributed by atoms with Crippen LogP contribution < -0.4 is 11.1 Å². The van der Waals surface area contributed by atoms with Gasteiger partial charge in [-0.3, -0.25) is 9.89 Å². The van der Waals surface area contributed by atoms with Crippen molar-refractivity contribution in [2.75, 3.05) is 11.1 Å². The number of carbonyl (C=O) groups excluding carboxylic acids is 1. The molecule has 0 aliphatic rings. The van der Waals surface area contributed by atoms with Crippen molar-refractivity contribution >= 4 is 29.1 Å². The summed E-state index contributed by atoms with van der Waals surface area (Å²) in [6.45, 7) is 0. The molecule has 0 bridgehead atoms. The molecule has 0 fully saturated rings. The quantitative estimate of drug-likeness (QED) is 0.687. The maximum Gasteiger partial charge on any atom is 0.260 e. The molecule has 0 saturated heterocycles. The van der Waals surface area contributed by atoms with Gasteiger partial charge in [-0.25, -0.2) is 9.97 Å². The second kappa shape index (κ2) is 5.82. The summed E-state index contributed by atoms with van der Waals surface area (Å²) in [6, 6.07) is 7.16. The fourth-order valence-corrected chi connectivity index (χ4v) is 2.18. The minimum atomic E-state index is -0.407. The Balaban J connectivity index is 1.94. The number of aromatic amines is 1. The zero-order chi connectivity index (χ0) is 15.5. The molecule has 3 rings (SSSR count). The molecular formula is C14H11ClN6O.